The van der Waals surface area contributed by atoms with E-state index in [9.17, 15) is 19.2 Å². The predicted molar refractivity (Wildman–Crippen MR) is 136 cm³/mol. The first-order valence-corrected chi connectivity index (χ1v) is 12.6. The fourth-order valence-electron chi connectivity index (χ4n) is 4.83. The third-order valence-electron chi connectivity index (χ3n) is 6.68. The smallest absolute Gasteiger partial charge is 0.261 e. The number of carbonyl (C=O) groups is 4. The zero-order valence-corrected chi connectivity index (χ0v) is 20.0. The number of carbonyl (C=O) groups excluding carboxylic acids is 4. The molecule has 0 spiro atoms. The van der Waals surface area contributed by atoms with Gasteiger partial charge in [-0.05, 0) is 54.4 Å². The summed E-state index contributed by atoms with van der Waals surface area (Å²) in [5, 5.41) is 1.03. The monoisotopic (exact) mass is 495 g/mol. The van der Waals surface area contributed by atoms with E-state index in [1.807, 2.05) is 18.3 Å². The highest BCUT2D eigenvalue weighted by Crippen LogP contribution is 2.29. The van der Waals surface area contributed by atoms with E-state index >= 15 is 0 Å². The minimum absolute atomic E-state index is 0.243. The van der Waals surface area contributed by atoms with Crippen molar-refractivity contribution in [1.82, 2.24) is 14.8 Å². The van der Waals surface area contributed by atoms with Crippen molar-refractivity contribution in [3.63, 3.8) is 0 Å². The Morgan fingerprint density at radius 2 is 1.19 bits per heavy atom. The number of hydrogen-bond donors (Lipinski definition) is 1. The molecule has 4 amide bonds. The molecule has 3 aromatic carbocycles. The van der Waals surface area contributed by atoms with Gasteiger partial charge < -0.3 is 4.98 Å². The third kappa shape index (κ3) is 3.61. The zero-order valence-electron chi connectivity index (χ0n) is 19.2. The Kier molecular flexibility index (Phi) is 5.45. The molecule has 178 valence electrons. The number of amides is 4. The van der Waals surface area contributed by atoms with Crippen LogP contribution >= 0.6 is 11.8 Å². The molecule has 6 rings (SSSR count). The summed E-state index contributed by atoms with van der Waals surface area (Å²) < 4.78 is 0. The predicted octanol–water partition coefficient (Wildman–Crippen LogP) is 4.39. The number of benzene rings is 3. The lowest BCUT2D eigenvalue weighted by Gasteiger charge is -2.14. The molecule has 0 atom stereocenters. The first kappa shape index (κ1) is 22.3. The van der Waals surface area contributed by atoms with Crippen molar-refractivity contribution in [3.8, 4) is 0 Å². The average molecular weight is 496 g/mol. The van der Waals surface area contributed by atoms with Gasteiger partial charge in [0, 0.05) is 40.8 Å². The summed E-state index contributed by atoms with van der Waals surface area (Å²) in [6.45, 7) is 0.630. The summed E-state index contributed by atoms with van der Waals surface area (Å²) in [6.07, 6.45) is 2.45. The molecule has 0 unspecified atom stereocenters. The molecular weight excluding hydrogens is 474 g/mol. The van der Waals surface area contributed by atoms with Crippen LogP contribution in [0.4, 0.5) is 0 Å². The molecule has 2 aliphatic rings. The number of imide groups is 2. The Morgan fingerprint density at radius 3 is 1.75 bits per heavy atom. The van der Waals surface area contributed by atoms with E-state index in [1.54, 1.807) is 60.3 Å². The van der Waals surface area contributed by atoms with Crippen LogP contribution < -0.4 is 0 Å². The van der Waals surface area contributed by atoms with E-state index in [1.165, 1.54) is 9.80 Å². The van der Waals surface area contributed by atoms with E-state index in [2.05, 4.69) is 11.1 Å². The van der Waals surface area contributed by atoms with Crippen molar-refractivity contribution in [2.24, 2.45) is 0 Å². The largest absolute Gasteiger partial charge is 0.361 e. The molecule has 0 radical (unpaired) electrons. The number of thioether (sulfide) groups is 1. The highest BCUT2D eigenvalue weighted by molar-refractivity contribution is 7.99. The maximum absolute atomic E-state index is 12.7. The van der Waals surface area contributed by atoms with Crippen molar-refractivity contribution < 1.29 is 19.2 Å². The second kappa shape index (κ2) is 8.80. The molecule has 0 bridgehead atoms. The Morgan fingerprint density at radius 1 is 0.667 bits per heavy atom. The normalized spacial score (nSPS) is 14.8. The summed E-state index contributed by atoms with van der Waals surface area (Å²) in [6, 6.07) is 19.9. The summed E-state index contributed by atoms with van der Waals surface area (Å²) >= 11 is 1.57. The second-order valence-electron chi connectivity index (χ2n) is 8.73. The molecule has 0 saturated heterocycles. The van der Waals surface area contributed by atoms with Crippen LogP contribution in [0.25, 0.3) is 10.9 Å². The summed E-state index contributed by atoms with van der Waals surface area (Å²) in [5.74, 6) is -0.411. The molecule has 0 saturated carbocycles. The maximum atomic E-state index is 12.7. The fourth-order valence-corrected chi connectivity index (χ4v) is 5.70. The van der Waals surface area contributed by atoms with Crippen LogP contribution in [0.3, 0.4) is 0 Å². The summed E-state index contributed by atoms with van der Waals surface area (Å²) in [7, 11) is 0. The molecule has 0 fully saturated rings. The van der Waals surface area contributed by atoms with Gasteiger partial charge in [-0.3, -0.25) is 29.0 Å². The molecule has 3 heterocycles. The Hall–Kier alpha value is -4.17. The average Bonchev–Trinajstić information content (AvgIpc) is 3.50. The van der Waals surface area contributed by atoms with Crippen LogP contribution in [-0.4, -0.2) is 57.3 Å². The van der Waals surface area contributed by atoms with Crippen LogP contribution in [0.2, 0.25) is 0 Å². The lowest BCUT2D eigenvalue weighted by Crippen LogP contribution is -2.31. The Bertz CT molecular complexity index is 1500. The SMILES string of the molecule is O=C1c2ccccc2C(=O)N1CCSc1ccc2[nH]cc(CCN3C(=O)c4ccccc4C3=O)c2c1. The van der Waals surface area contributed by atoms with Gasteiger partial charge in [0.15, 0.2) is 0 Å². The number of aromatic nitrogens is 1. The van der Waals surface area contributed by atoms with Crippen LogP contribution in [-0.2, 0) is 6.42 Å². The van der Waals surface area contributed by atoms with Crippen LogP contribution in [0.5, 0.6) is 0 Å². The minimum Gasteiger partial charge on any atom is -0.361 e. The molecule has 4 aromatic rings. The molecule has 1 N–H and O–H groups in total. The van der Waals surface area contributed by atoms with Gasteiger partial charge >= 0.3 is 0 Å². The van der Waals surface area contributed by atoms with Gasteiger partial charge in [-0.2, -0.15) is 0 Å². The van der Waals surface area contributed by atoms with Crippen molar-refractivity contribution in [3.05, 3.63) is 101 Å². The van der Waals surface area contributed by atoms with E-state index in [4.69, 9.17) is 0 Å². The molecule has 8 heteroatoms. The topological polar surface area (TPSA) is 90.6 Å². The van der Waals surface area contributed by atoms with E-state index < -0.39 is 0 Å². The molecule has 7 nitrogen and oxygen atoms in total. The zero-order chi connectivity index (χ0) is 24.8. The van der Waals surface area contributed by atoms with Crippen LogP contribution in [0, 0.1) is 0 Å². The number of hydrogen-bond acceptors (Lipinski definition) is 5. The molecular formula is C28H21N3O4S. The van der Waals surface area contributed by atoms with E-state index in [-0.39, 0.29) is 23.6 Å². The lowest BCUT2D eigenvalue weighted by atomic mass is 10.1. The minimum atomic E-state index is -0.250. The van der Waals surface area contributed by atoms with Gasteiger partial charge in [-0.15, -0.1) is 11.8 Å². The van der Waals surface area contributed by atoms with Crippen molar-refractivity contribution in [1.29, 1.82) is 0 Å². The van der Waals surface area contributed by atoms with Gasteiger partial charge in [0.1, 0.15) is 0 Å². The van der Waals surface area contributed by atoms with Gasteiger partial charge in [-0.25, -0.2) is 0 Å². The van der Waals surface area contributed by atoms with E-state index in [0.717, 1.165) is 21.4 Å². The molecule has 2 aliphatic heterocycles. The first-order valence-electron chi connectivity index (χ1n) is 11.7. The van der Waals surface area contributed by atoms with Crippen molar-refractivity contribution in [2.45, 2.75) is 11.3 Å². The Labute approximate surface area is 211 Å². The maximum Gasteiger partial charge on any atom is 0.261 e. The quantitative estimate of drug-likeness (QED) is 0.303. The second-order valence-corrected chi connectivity index (χ2v) is 9.90. The van der Waals surface area contributed by atoms with Crippen LogP contribution in [0.15, 0.2) is 77.8 Å². The molecule has 36 heavy (non-hydrogen) atoms. The van der Waals surface area contributed by atoms with Gasteiger partial charge in [-0.1, -0.05) is 24.3 Å². The highest BCUT2D eigenvalue weighted by Gasteiger charge is 2.35. The third-order valence-corrected chi connectivity index (χ3v) is 7.66. The van der Waals surface area contributed by atoms with Crippen molar-refractivity contribution >= 4 is 46.3 Å². The number of H-pyrrole nitrogens is 1. The number of aromatic amines is 1. The summed E-state index contributed by atoms with van der Waals surface area (Å²) in [4.78, 5) is 57.4. The van der Waals surface area contributed by atoms with Gasteiger partial charge in [0.25, 0.3) is 23.6 Å². The Balaban J connectivity index is 1.12. The fraction of sp³-hybridized carbons (Fsp3) is 0.143. The highest BCUT2D eigenvalue weighted by atomic mass is 32.2. The number of rotatable bonds is 7. The van der Waals surface area contributed by atoms with Gasteiger partial charge in [0.05, 0.1) is 22.3 Å². The lowest BCUT2D eigenvalue weighted by molar-refractivity contribution is 0.0644. The van der Waals surface area contributed by atoms with Crippen LogP contribution in [0.1, 0.15) is 47.0 Å². The summed E-state index contributed by atoms with van der Waals surface area (Å²) in [5.41, 5.74) is 3.82. The van der Waals surface area contributed by atoms with Crippen molar-refractivity contribution in [2.75, 3.05) is 18.8 Å². The molecule has 0 aliphatic carbocycles. The number of nitrogens with zero attached hydrogens (tertiary/aromatic N) is 2. The van der Waals surface area contributed by atoms with E-state index in [0.29, 0.717) is 47.5 Å². The number of nitrogens with one attached hydrogen (secondary N) is 1. The standard InChI is InChI=1S/C28H21N3O4S/c32-25-19-5-1-2-6-20(19)26(33)30(25)12-11-17-16-29-24-10-9-18(15-23(17)24)36-14-13-31-27(34)21-7-3-4-8-22(21)28(31)35/h1-10,15-16,29H,11-14H2. The number of fused-ring (bicyclic) bond motifs is 3. The molecule has 1 aromatic heterocycles. The first-order chi connectivity index (χ1) is 17.5. The van der Waals surface area contributed by atoms with Gasteiger partial charge in [0.2, 0.25) is 0 Å².